The molecule has 0 unspecified atom stereocenters. The van der Waals surface area contributed by atoms with E-state index < -0.39 is 0 Å². The third kappa shape index (κ3) is 2.25. The summed E-state index contributed by atoms with van der Waals surface area (Å²) >= 11 is 6.17. The lowest BCUT2D eigenvalue weighted by Gasteiger charge is -2.26. The van der Waals surface area contributed by atoms with E-state index in [2.05, 4.69) is 0 Å². The van der Waals surface area contributed by atoms with Gasteiger partial charge >= 0.3 is 0 Å². The molecule has 2 aromatic rings. The van der Waals surface area contributed by atoms with Crippen LogP contribution in [0, 0.1) is 0 Å². The first-order valence-corrected chi connectivity index (χ1v) is 6.69. The molecule has 0 bridgehead atoms. The molecular formula is C16H13ClO3. The number of hydrogen-bond acceptors (Lipinski definition) is 3. The van der Waals surface area contributed by atoms with E-state index in [1.54, 1.807) is 31.4 Å². The van der Waals surface area contributed by atoms with Gasteiger partial charge in [-0.25, -0.2) is 0 Å². The SMILES string of the molecule is COc1ccc2c(c1)C(=O)C[C@H](c1ccccc1Cl)O2. The van der Waals surface area contributed by atoms with Crippen molar-refractivity contribution < 1.29 is 14.3 Å². The monoisotopic (exact) mass is 288 g/mol. The Morgan fingerprint density at radius 2 is 2.05 bits per heavy atom. The van der Waals surface area contributed by atoms with Gasteiger partial charge in [-0.3, -0.25) is 4.79 Å². The number of benzene rings is 2. The third-order valence-electron chi connectivity index (χ3n) is 3.38. The van der Waals surface area contributed by atoms with Crippen LogP contribution in [0.25, 0.3) is 0 Å². The highest BCUT2D eigenvalue weighted by molar-refractivity contribution is 6.31. The molecule has 1 heterocycles. The van der Waals surface area contributed by atoms with Crippen LogP contribution in [0.2, 0.25) is 5.02 Å². The van der Waals surface area contributed by atoms with Crippen LogP contribution >= 0.6 is 11.6 Å². The molecule has 0 fully saturated rings. The molecule has 0 radical (unpaired) electrons. The number of carbonyl (C=O) groups is 1. The average Bonchev–Trinajstić information content (AvgIpc) is 2.47. The first kappa shape index (κ1) is 13.0. The van der Waals surface area contributed by atoms with Crippen molar-refractivity contribution in [3.63, 3.8) is 0 Å². The topological polar surface area (TPSA) is 35.5 Å². The van der Waals surface area contributed by atoms with E-state index in [0.29, 0.717) is 22.1 Å². The minimum atomic E-state index is -0.336. The highest BCUT2D eigenvalue weighted by atomic mass is 35.5. The maximum atomic E-state index is 12.3. The quantitative estimate of drug-likeness (QED) is 0.836. The zero-order chi connectivity index (χ0) is 14.1. The minimum Gasteiger partial charge on any atom is -0.497 e. The summed E-state index contributed by atoms with van der Waals surface area (Å²) in [5.41, 5.74) is 1.40. The fourth-order valence-corrected chi connectivity index (χ4v) is 2.60. The summed E-state index contributed by atoms with van der Waals surface area (Å²) < 4.78 is 11.0. The number of hydrogen-bond donors (Lipinski definition) is 0. The van der Waals surface area contributed by atoms with Crippen molar-refractivity contribution in [2.75, 3.05) is 7.11 Å². The minimum absolute atomic E-state index is 0.0371. The predicted octanol–water partition coefficient (Wildman–Crippen LogP) is 4.06. The molecule has 102 valence electrons. The Morgan fingerprint density at radius 1 is 1.25 bits per heavy atom. The number of methoxy groups -OCH3 is 1. The van der Waals surface area contributed by atoms with E-state index in [1.165, 1.54) is 0 Å². The number of ketones is 1. The van der Waals surface area contributed by atoms with E-state index in [-0.39, 0.29) is 18.3 Å². The molecule has 1 aliphatic heterocycles. The van der Waals surface area contributed by atoms with Crippen LogP contribution in [0.15, 0.2) is 42.5 Å². The van der Waals surface area contributed by atoms with Crippen LogP contribution in [0.5, 0.6) is 11.5 Å². The number of carbonyl (C=O) groups excluding carboxylic acids is 1. The van der Waals surface area contributed by atoms with E-state index in [0.717, 1.165) is 5.56 Å². The second-order valence-corrected chi connectivity index (χ2v) is 5.02. The molecule has 0 saturated carbocycles. The van der Waals surface area contributed by atoms with Crippen molar-refractivity contribution in [3.05, 3.63) is 58.6 Å². The Bertz CT molecular complexity index is 667. The first-order valence-electron chi connectivity index (χ1n) is 6.31. The fourth-order valence-electron chi connectivity index (χ4n) is 2.34. The lowest BCUT2D eigenvalue weighted by atomic mass is 9.96. The van der Waals surface area contributed by atoms with Crippen LogP contribution in [0.3, 0.4) is 0 Å². The molecule has 0 aromatic heterocycles. The van der Waals surface area contributed by atoms with Gasteiger partial charge in [0.2, 0.25) is 0 Å². The first-order chi connectivity index (χ1) is 9.69. The van der Waals surface area contributed by atoms with E-state index in [4.69, 9.17) is 21.1 Å². The standard InChI is InChI=1S/C16H13ClO3/c1-19-10-6-7-15-12(8-10)14(18)9-16(20-15)11-4-2-3-5-13(11)17/h2-8,16H,9H2,1H3/t16-/m1/s1. The maximum Gasteiger partial charge on any atom is 0.170 e. The molecule has 3 nitrogen and oxygen atoms in total. The van der Waals surface area contributed by atoms with Crippen LogP contribution < -0.4 is 9.47 Å². The predicted molar refractivity (Wildman–Crippen MR) is 76.8 cm³/mol. The molecule has 3 rings (SSSR count). The zero-order valence-electron chi connectivity index (χ0n) is 10.9. The molecule has 2 aromatic carbocycles. The molecule has 0 spiro atoms. The van der Waals surface area contributed by atoms with Gasteiger partial charge in [-0.1, -0.05) is 29.8 Å². The Hall–Kier alpha value is -2.00. The summed E-state index contributed by atoms with van der Waals surface area (Å²) in [4.78, 5) is 12.3. The highest BCUT2D eigenvalue weighted by Gasteiger charge is 2.29. The molecule has 0 aliphatic carbocycles. The molecule has 0 amide bonds. The van der Waals surface area contributed by atoms with E-state index >= 15 is 0 Å². The van der Waals surface area contributed by atoms with Crippen molar-refractivity contribution in [1.82, 2.24) is 0 Å². The smallest absolute Gasteiger partial charge is 0.170 e. The molecule has 20 heavy (non-hydrogen) atoms. The lowest BCUT2D eigenvalue weighted by Crippen LogP contribution is -2.20. The van der Waals surface area contributed by atoms with Gasteiger partial charge in [0.25, 0.3) is 0 Å². The maximum absolute atomic E-state index is 12.3. The van der Waals surface area contributed by atoms with Crippen molar-refractivity contribution >= 4 is 17.4 Å². The van der Waals surface area contributed by atoms with Crippen LogP contribution in [-0.4, -0.2) is 12.9 Å². The fraction of sp³-hybridized carbons (Fsp3) is 0.188. The van der Waals surface area contributed by atoms with Crippen LogP contribution in [-0.2, 0) is 0 Å². The van der Waals surface area contributed by atoms with Gasteiger partial charge in [-0.15, -0.1) is 0 Å². The second kappa shape index (κ2) is 5.17. The molecular weight excluding hydrogens is 276 g/mol. The molecule has 4 heteroatoms. The number of Topliss-reactive ketones (excluding diaryl/α,β-unsaturated/α-hetero) is 1. The zero-order valence-corrected chi connectivity index (χ0v) is 11.7. The van der Waals surface area contributed by atoms with Crippen LogP contribution in [0.4, 0.5) is 0 Å². The number of rotatable bonds is 2. The molecule has 1 aliphatic rings. The highest BCUT2D eigenvalue weighted by Crippen LogP contribution is 2.38. The van der Waals surface area contributed by atoms with Gasteiger partial charge in [0.05, 0.1) is 19.1 Å². The molecule has 0 N–H and O–H groups in total. The Kier molecular flexibility index (Phi) is 3.36. The van der Waals surface area contributed by atoms with Gasteiger partial charge in [0, 0.05) is 10.6 Å². The van der Waals surface area contributed by atoms with Gasteiger partial charge < -0.3 is 9.47 Å². The van der Waals surface area contributed by atoms with Crippen molar-refractivity contribution in [2.24, 2.45) is 0 Å². The van der Waals surface area contributed by atoms with Crippen LogP contribution in [0.1, 0.15) is 28.4 Å². The van der Waals surface area contributed by atoms with Gasteiger partial charge in [-0.05, 0) is 24.3 Å². The van der Waals surface area contributed by atoms with Crippen molar-refractivity contribution in [1.29, 1.82) is 0 Å². The van der Waals surface area contributed by atoms with Crippen molar-refractivity contribution in [3.8, 4) is 11.5 Å². The summed E-state index contributed by atoms with van der Waals surface area (Å²) in [5.74, 6) is 1.26. The number of halogens is 1. The van der Waals surface area contributed by atoms with Gasteiger partial charge in [0.1, 0.15) is 17.6 Å². The number of fused-ring (bicyclic) bond motifs is 1. The second-order valence-electron chi connectivity index (χ2n) is 4.62. The van der Waals surface area contributed by atoms with Gasteiger partial charge in [0.15, 0.2) is 5.78 Å². The largest absolute Gasteiger partial charge is 0.497 e. The summed E-state index contributed by atoms with van der Waals surface area (Å²) in [5, 5.41) is 0.613. The summed E-state index contributed by atoms with van der Waals surface area (Å²) in [6, 6.07) is 12.7. The lowest BCUT2D eigenvalue weighted by molar-refractivity contribution is 0.0849. The van der Waals surface area contributed by atoms with E-state index in [9.17, 15) is 4.79 Å². The normalized spacial score (nSPS) is 17.3. The Labute approximate surface area is 122 Å². The average molecular weight is 289 g/mol. The Balaban J connectivity index is 1.97. The Morgan fingerprint density at radius 3 is 2.80 bits per heavy atom. The van der Waals surface area contributed by atoms with Crippen molar-refractivity contribution in [2.45, 2.75) is 12.5 Å². The summed E-state index contributed by atoms with van der Waals surface area (Å²) in [6.07, 6.45) is -0.0544. The number of ether oxygens (including phenoxy) is 2. The summed E-state index contributed by atoms with van der Waals surface area (Å²) in [6.45, 7) is 0. The molecule has 0 saturated heterocycles. The third-order valence-corrected chi connectivity index (χ3v) is 3.72. The van der Waals surface area contributed by atoms with Gasteiger partial charge in [-0.2, -0.15) is 0 Å². The molecule has 1 atom stereocenters. The summed E-state index contributed by atoms with van der Waals surface area (Å²) in [7, 11) is 1.57. The van der Waals surface area contributed by atoms with E-state index in [1.807, 2.05) is 18.2 Å².